The van der Waals surface area contributed by atoms with Crippen molar-refractivity contribution in [2.24, 2.45) is 0 Å². The van der Waals surface area contributed by atoms with Crippen LogP contribution in [0.5, 0.6) is 0 Å². The first-order chi connectivity index (χ1) is 12.5. The zero-order valence-electron chi connectivity index (χ0n) is 14.3. The van der Waals surface area contributed by atoms with E-state index in [2.05, 4.69) is 5.32 Å². The van der Waals surface area contributed by atoms with Gasteiger partial charge in [-0.3, -0.25) is 14.9 Å². The van der Waals surface area contributed by atoms with Gasteiger partial charge in [0, 0.05) is 35.4 Å². The van der Waals surface area contributed by atoms with Gasteiger partial charge >= 0.3 is 0 Å². The van der Waals surface area contributed by atoms with Crippen LogP contribution in [0.2, 0.25) is 5.02 Å². The van der Waals surface area contributed by atoms with Crippen LogP contribution < -0.4 is 10.2 Å². The summed E-state index contributed by atoms with van der Waals surface area (Å²) in [6.45, 7) is 1.60. The van der Waals surface area contributed by atoms with Crippen molar-refractivity contribution in [3.05, 3.63) is 63.2 Å². The Morgan fingerprint density at radius 1 is 1.08 bits per heavy atom. The predicted octanol–water partition coefficient (Wildman–Crippen LogP) is 4.88. The van der Waals surface area contributed by atoms with E-state index >= 15 is 0 Å². The third-order valence-corrected chi connectivity index (χ3v) is 4.70. The van der Waals surface area contributed by atoms with E-state index in [-0.39, 0.29) is 11.3 Å². The monoisotopic (exact) mass is 373 g/mol. The van der Waals surface area contributed by atoms with E-state index in [4.69, 9.17) is 11.6 Å². The maximum Gasteiger partial charge on any atom is 0.293 e. The number of rotatable bonds is 4. The van der Waals surface area contributed by atoms with Gasteiger partial charge in [0.25, 0.3) is 11.6 Å². The van der Waals surface area contributed by atoms with Gasteiger partial charge in [-0.05, 0) is 43.2 Å². The second kappa shape index (κ2) is 8.19. The van der Waals surface area contributed by atoms with Crippen LogP contribution in [0, 0.1) is 10.1 Å². The second-order valence-electron chi connectivity index (χ2n) is 6.33. The Bertz CT molecular complexity index is 817. The Morgan fingerprint density at radius 3 is 2.46 bits per heavy atom. The first-order valence-electron chi connectivity index (χ1n) is 8.65. The molecule has 136 valence electrons. The van der Waals surface area contributed by atoms with E-state index in [0.29, 0.717) is 16.4 Å². The fourth-order valence-corrected chi connectivity index (χ4v) is 3.35. The number of nitro groups is 1. The molecule has 0 spiro atoms. The maximum atomic E-state index is 12.5. The molecule has 0 aromatic heterocycles. The fourth-order valence-electron chi connectivity index (χ4n) is 3.16. The number of halogens is 1. The van der Waals surface area contributed by atoms with Crippen molar-refractivity contribution in [1.29, 1.82) is 0 Å². The molecule has 0 unspecified atom stereocenters. The number of anilines is 2. The number of carbonyl (C=O) groups is 1. The van der Waals surface area contributed by atoms with Crippen molar-refractivity contribution in [1.82, 2.24) is 0 Å². The summed E-state index contributed by atoms with van der Waals surface area (Å²) in [5, 5.41) is 14.8. The molecule has 1 amide bonds. The van der Waals surface area contributed by atoms with Crippen LogP contribution in [0.3, 0.4) is 0 Å². The van der Waals surface area contributed by atoms with Crippen molar-refractivity contribution in [2.45, 2.75) is 25.7 Å². The predicted molar refractivity (Wildman–Crippen MR) is 103 cm³/mol. The number of amides is 1. The van der Waals surface area contributed by atoms with Gasteiger partial charge in [0.1, 0.15) is 5.69 Å². The normalized spacial score (nSPS) is 14.6. The smallest absolute Gasteiger partial charge is 0.293 e. The molecule has 0 bridgehead atoms. The summed E-state index contributed by atoms with van der Waals surface area (Å²) >= 11 is 5.92. The van der Waals surface area contributed by atoms with Gasteiger partial charge in [-0.2, -0.15) is 0 Å². The average Bonchev–Trinajstić information content (AvgIpc) is 2.90. The lowest BCUT2D eigenvalue weighted by Gasteiger charge is -2.22. The lowest BCUT2D eigenvalue weighted by atomic mass is 10.1. The summed E-state index contributed by atoms with van der Waals surface area (Å²) in [5.74, 6) is -0.405. The summed E-state index contributed by atoms with van der Waals surface area (Å²) in [4.78, 5) is 25.6. The van der Waals surface area contributed by atoms with E-state index in [9.17, 15) is 14.9 Å². The molecule has 1 N–H and O–H groups in total. The Morgan fingerprint density at radius 2 is 1.81 bits per heavy atom. The molecule has 1 saturated heterocycles. The van der Waals surface area contributed by atoms with Gasteiger partial charge in [0.05, 0.1) is 4.92 Å². The van der Waals surface area contributed by atoms with Gasteiger partial charge in [0.2, 0.25) is 0 Å². The Labute approximate surface area is 156 Å². The van der Waals surface area contributed by atoms with Gasteiger partial charge in [-0.25, -0.2) is 0 Å². The largest absolute Gasteiger partial charge is 0.366 e. The van der Waals surface area contributed by atoms with Gasteiger partial charge in [-0.15, -0.1) is 0 Å². The SMILES string of the molecule is O=C(Nc1cccc(Cl)c1)c1ccc(N2CCCCCC2)c([N+](=O)[O-])c1. The average molecular weight is 374 g/mol. The molecule has 2 aromatic rings. The zero-order valence-corrected chi connectivity index (χ0v) is 15.0. The molecule has 7 heteroatoms. The van der Waals surface area contributed by atoms with Crippen LogP contribution >= 0.6 is 11.6 Å². The zero-order chi connectivity index (χ0) is 18.5. The van der Waals surface area contributed by atoms with Crippen LogP contribution in [-0.4, -0.2) is 23.9 Å². The van der Waals surface area contributed by atoms with Crippen molar-refractivity contribution < 1.29 is 9.72 Å². The summed E-state index contributed by atoms with van der Waals surface area (Å²) in [7, 11) is 0. The molecule has 0 aliphatic carbocycles. The molecule has 6 nitrogen and oxygen atoms in total. The minimum atomic E-state index is -0.420. The Kier molecular flexibility index (Phi) is 5.73. The number of benzene rings is 2. The first-order valence-corrected chi connectivity index (χ1v) is 9.03. The summed E-state index contributed by atoms with van der Waals surface area (Å²) < 4.78 is 0. The highest BCUT2D eigenvalue weighted by Gasteiger charge is 2.22. The van der Waals surface area contributed by atoms with E-state index in [1.807, 2.05) is 4.90 Å². The third-order valence-electron chi connectivity index (χ3n) is 4.46. The van der Waals surface area contributed by atoms with E-state index < -0.39 is 10.8 Å². The number of hydrogen-bond acceptors (Lipinski definition) is 4. The summed E-state index contributed by atoms with van der Waals surface area (Å²) in [6, 6.07) is 11.4. The minimum Gasteiger partial charge on any atom is -0.366 e. The highest BCUT2D eigenvalue weighted by molar-refractivity contribution is 6.31. The fraction of sp³-hybridized carbons (Fsp3) is 0.316. The standard InChI is InChI=1S/C19H20ClN3O3/c20-15-6-5-7-16(13-15)21-19(24)14-8-9-17(18(12-14)23(25)26)22-10-3-1-2-4-11-22/h5-9,12-13H,1-4,10-11H2,(H,21,24). The Balaban J connectivity index is 1.85. The lowest BCUT2D eigenvalue weighted by molar-refractivity contribution is -0.384. The summed E-state index contributed by atoms with van der Waals surface area (Å²) in [6.07, 6.45) is 4.33. The molecule has 0 radical (unpaired) electrons. The number of nitro benzene ring substituents is 1. The van der Waals surface area contributed by atoms with Crippen molar-refractivity contribution in [2.75, 3.05) is 23.3 Å². The van der Waals surface area contributed by atoms with Crippen LogP contribution in [0.1, 0.15) is 36.0 Å². The molecule has 26 heavy (non-hydrogen) atoms. The third kappa shape index (κ3) is 4.32. The molecule has 0 saturated carbocycles. The molecular weight excluding hydrogens is 354 g/mol. The van der Waals surface area contributed by atoms with E-state index in [0.717, 1.165) is 38.8 Å². The molecule has 0 atom stereocenters. The van der Waals surface area contributed by atoms with Crippen LogP contribution in [0.25, 0.3) is 0 Å². The number of carbonyl (C=O) groups excluding carboxylic acids is 1. The topological polar surface area (TPSA) is 75.5 Å². The number of hydrogen-bond donors (Lipinski definition) is 1. The van der Waals surface area contributed by atoms with Gasteiger partial charge < -0.3 is 10.2 Å². The van der Waals surface area contributed by atoms with E-state index in [1.54, 1.807) is 36.4 Å². The van der Waals surface area contributed by atoms with Crippen molar-refractivity contribution >= 4 is 34.6 Å². The maximum absolute atomic E-state index is 12.5. The molecule has 1 heterocycles. The lowest BCUT2D eigenvalue weighted by Crippen LogP contribution is -2.25. The molecule has 1 aliphatic heterocycles. The molecule has 1 fully saturated rings. The highest BCUT2D eigenvalue weighted by atomic mass is 35.5. The molecular formula is C19H20ClN3O3. The van der Waals surface area contributed by atoms with Crippen LogP contribution in [0.4, 0.5) is 17.1 Å². The van der Waals surface area contributed by atoms with E-state index in [1.165, 1.54) is 6.07 Å². The molecule has 3 rings (SSSR count). The van der Waals surface area contributed by atoms with Crippen molar-refractivity contribution in [3.63, 3.8) is 0 Å². The van der Waals surface area contributed by atoms with Crippen LogP contribution in [0.15, 0.2) is 42.5 Å². The first kappa shape index (κ1) is 18.2. The highest BCUT2D eigenvalue weighted by Crippen LogP contribution is 2.31. The van der Waals surface area contributed by atoms with Crippen LogP contribution in [-0.2, 0) is 0 Å². The minimum absolute atomic E-state index is 0.0364. The van der Waals surface area contributed by atoms with Gasteiger partial charge in [0.15, 0.2) is 0 Å². The Hall–Kier alpha value is -2.60. The number of nitrogens with zero attached hydrogens (tertiary/aromatic N) is 2. The van der Waals surface area contributed by atoms with Crippen molar-refractivity contribution in [3.8, 4) is 0 Å². The molecule has 2 aromatic carbocycles. The number of nitrogens with one attached hydrogen (secondary N) is 1. The summed E-state index contributed by atoms with van der Waals surface area (Å²) in [5.41, 5.74) is 1.33. The van der Waals surface area contributed by atoms with Gasteiger partial charge in [-0.1, -0.05) is 30.5 Å². The quantitative estimate of drug-likeness (QED) is 0.612. The molecule has 1 aliphatic rings. The second-order valence-corrected chi connectivity index (χ2v) is 6.76.